The minimum Gasteiger partial charge on any atom is -0.424 e. The van der Waals surface area contributed by atoms with E-state index in [0.717, 1.165) is 18.5 Å². The van der Waals surface area contributed by atoms with Gasteiger partial charge < -0.3 is 19.9 Å². The number of ether oxygens (including phenoxy) is 1. The van der Waals surface area contributed by atoms with Gasteiger partial charge in [-0.25, -0.2) is 4.79 Å². The Balaban J connectivity index is 1.35. The van der Waals surface area contributed by atoms with Gasteiger partial charge in [0.2, 0.25) is 5.95 Å². The standard InChI is InChI=1S/C22H18N8O3/c31-19-17(25-21(32)27-19)11-13-12-23-30-18(13)26-22(28-20(30)24-14-3-4-14)33-16-7-5-15(6-8-16)29-9-1-2-10-29/h1-2,5-12,14H,3-4H2,(H,24,26,28)(H2,25,27,31,32)/b17-11-. The van der Waals surface area contributed by atoms with E-state index in [1.54, 1.807) is 10.7 Å². The van der Waals surface area contributed by atoms with E-state index in [9.17, 15) is 9.59 Å². The molecule has 2 fully saturated rings. The zero-order chi connectivity index (χ0) is 22.4. The molecule has 3 N–H and O–H groups in total. The molecular formula is C22H18N8O3. The molecule has 0 spiro atoms. The molecule has 11 nitrogen and oxygen atoms in total. The number of carbonyl (C=O) groups excluding carboxylic acids is 2. The number of carbonyl (C=O) groups is 2. The van der Waals surface area contributed by atoms with Crippen LogP contribution >= 0.6 is 0 Å². The number of anilines is 1. The van der Waals surface area contributed by atoms with E-state index in [1.807, 2.05) is 53.4 Å². The number of benzene rings is 1. The highest BCUT2D eigenvalue weighted by molar-refractivity contribution is 6.14. The summed E-state index contributed by atoms with van der Waals surface area (Å²) >= 11 is 0. The summed E-state index contributed by atoms with van der Waals surface area (Å²) in [5.41, 5.74) is 2.10. The molecule has 0 bridgehead atoms. The lowest BCUT2D eigenvalue weighted by molar-refractivity contribution is -0.115. The molecular weight excluding hydrogens is 424 g/mol. The monoisotopic (exact) mass is 442 g/mol. The fraction of sp³-hybridized carbons (Fsp3) is 0.136. The number of nitrogens with zero attached hydrogens (tertiary/aromatic N) is 5. The van der Waals surface area contributed by atoms with Gasteiger partial charge in [-0.15, -0.1) is 0 Å². The Labute approximate surface area is 187 Å². The van der Waals surface area contributed by atoms with Crippen LogP contribution in [0.15, 0.2) is 60.7 Å². The summed E-state index contributed by atoms with van der Waals surface area (Å²) in [4.78, 5) is 32.4. The van der Waals surface area contributed by atoms with Gasteiger partial charge in [-0.3, -0.25) is 10.1 Å². The van der Waals surface area contributed by atoms with Crippen LogP contribution in [0.5, 0.6) is 11.8 Å². The second-order valence-electron chi connectivity index (χ2n) is 7.74. The van der Waals surface area contributed by atoms with Crippen molar-refractivity contribution in [2.75, 3.05) is 5.32 Å². The SMILES string of the molecule is O=C1NC(=O)/C(=C/c2cnn3c(NC4CC4)nc(Oc4ccc(-n5cccc5)cc4)nc23)N1. The lowest BCUT2D eigenvalue weighted by atomic mass is 10.2. The van der Waals surface area contributed by atoms with Crippen LogP contribution in [0.1, 0.15) is 18.4 Å². The summed E-state index contributed by atoms with van der Waals surface area (Å²) < 4.78 is 9.50. The van der Waals surface area contributed by atoms with E-state index >= 15 is 0 Å². The number of fused-ring (bicyclic) bond motifs is 1. The lowest BCUT2D eigenvalue weighted by Gasteiger charge is -2.10. The van der Waals surface area contributed by atoms with Crippen molar-refractivity contribution in [1.29, 1.82) is 0 Å². The average molecular weight is 442 g/mol. The lowest BCUT2D eigenvalue weighted by Crippen LogP contribution is -2.22. The Bertz CT molecular complexity index is 1400. The third-order valence-corrected chi connectivity index (χ3v) is 5.25. The van der Waals surface area contributed by atoms with Crippen LogP contribution in [-0.4, -0.2) is 42.1 Å². The van der Waals surface area contributed by atoms with Crippen molar-refractivity contribution >= 4 is 29.6 Å². The van der Waals surface area contributed by atoms with Gasteiger partial charge in [-0.1, -0.05) is 0 Å². The van der Waals surface area contributed by atoms with Gasteiger partial charge in [-0.05, 0) is 55.3 Å². The molecule has 1 saturated heterocycles. The molecule has 2 aliphatic rings. The van der Waals surface area contributed by atoms with Crippen molar-refractivity contribution in [3.8, 4) is 17.4 Å². The van der Waals surface area contributed by atoms with Gasteiger partial charge >= 0.3 is 12.0 Å². The zero-order valence-electron chi connectivity index (χ0n) is 17.2. The van der Waals surface area contributed by atoms with Crippen molar-refractivity contribution in [3.63, 3.8) is 0 Å². The molecule has 1 aliphatic carbocycles. The zero-order valence-corrected chi connectivity index (χ0v) is 17.2. The Morgan fingerprint density at radius 2 is 1.85 bits per heavy atom. The molecule has 3 aromatic heterocycles. The van der Waals surface area contributed by atoms with Crippen LogP contribution in [0.3, 0.4) is 0 Å². The van der Waals surface area contributed by atoms with Crippen LogP contribution in [0.4, 0.5) is 10.7 Å². The van der Waals surface area contributed by atoms with Gasteiger partial charge in [0, 0.05) is 29.7 Å². The molecule has 6 rings (SSSR count). The van der Waals surface area contributed by atoms with Gasteiger partial charge in [-0.2, -0.15) is 19.6 Å². The largest absolute Gasteiger partial charge is 0.424 e. The fourth-order valence-corrected chi connectivity index (χ4v) is 3.46. The first-order valence-electron chi connectivity index (χ1n) is 10.4. The van der Waals surface area contributed by atoms with Crippen LogP contribution in [0, 0.1) is 0 Å². The Morgan fingerprint density at radius 1 is 1.06 bits per heavy atom. The number of aromatic nitrogens is 5. The van der Waals surface area contributed by atoms with Crippen molar-refractivity contribution in [2.24, 2.45) is 0 Å². The van der Waals surface area contributed by atoms with Crippen LogP contribution in [-0.2, 0) is 4.79 Å². The summed E-state index contributed by atoms with van der Waals surface area (Å²) in [7, 11) is 0. The highest BCUT2D eigenvalue weighted by Crippen LogP contribution is 2.28. The van der Waals surface area contributed by atoms with E-state index in [4.69, 9.17) is 4.74 Å². The fourth-order valence-electron chi connectivity index (χ4n) is 3.46. The van der Waals surface area contributed by atoms with Gasteiger partial charge in [0.15, 0.2) is 5.65 Å². The molecule has 4 aromatic rings. The molecule has 1 aliphatic heterocycles. The number of urea groups is 1. The first kappa shape index (κ1) is 19.0. The number of amides is 3. The number of hydrogen-bond donors (Lipinski definition) is 3. The topological polar surface area (TPSA) is 127 Å². The second-order valence-corrected chi connectivity index (χ2v) is 7.74. The van der Waals surface area contributed by atoms with E-state index in [2.05, 4.69) is 31.0 Å². The quantitative estimate of drug-likeness (QED) is 0.309. The summed E-state index contributed by atoms with van der Waals surface area (Å²) in [6.07, 6.45) is 9.10. The third kappa shape index (κ3) is 3.76. The number of imide groups is 1. The summed E-state index contributed by atoms with van der Waals surface area (Å²) in [6, 6.07) is 11.4. The molecule has 33 heavy (non-hydrogen) atoms. The van der Waals surface area contributed by atoms with Crippen molar-refractivity contribution in [3.05, 3.63) is 66.2 Å². The Kier molecular flexibility index (Phi) is 4.32. The molecule has 0 atom stereocenters. The Hall–Kier alpha value is -4.67. The van der Waals surface area contributed by atoms with E-state index in [1.165, 1.54) is 6.08 Å². The average Bonchev–Trinajstić information content (AvgIpc) is 3.17. The normalized spacial score (nSPS) is 16.8. The van der Waals surface area contributed by atoms with Gasteiger partial charge in [0.1, 0.15) is 11.4 Å². The molecule has 3 amide bonds. The number of nitrogens with one attached hydrogen (secondary N) is 3. The first-order chi connectivity index (χ1) is 16.1. The third-order valence-electron chi connectivity index (χ3n) is 5.25. The van der Waals surface area contributed by atoms with Crippen LogP contribution in [0.25, 0.3) is 17.4 Å². The van der Waals surface area contributed by atoms with E-state index < -0.39 is 11.9 Å². The predicted octanol–water partition coefficient (Wildman–Crippen LogP) is 2.46. The highest BCUT2D eigenvalue weighted by atomic mass is 16.5. The maximum absolute atomic E-state index is 11.9. The van der Waals surface area contributed by atoms with Gasteiger partial charge in [0.05, 0.1) is 6.20 Å². The molecule has 164 valence electrons. The number of hydrogen-bond acceptors (Lipinski definition) is 7. The van der Waals surface area contributed by atoms with Crippen molar-refractivity contribution in [1.82, 2.24) is 34.8 Å². The molecule has 1 aromatic carbocycles. The van der Waals surface area contributed by atoms with E-state index in [0.29, 0.717) is 29.0 Å². The molecule has 0 radical (unpaired) electrons. The molecule has 0 unspecified atom stereocenters. The molecule has 4 heterocycles. The predicted molar refractivity (Wildman–Crippen MR) is 118 cm³/mol. The number of rotatable bonds is 6. The van der Waals surface area contributed by atoms with Crippen molar-refractivity contribution in [2.45, 2.75) is 18.9 Å². The van der Waals surface area contributed by atoms with Crippen LogP contribution in [0.2, 0.25) is 0 Å². The maximum atomic E-state index is 11.9. The first-order valence-corrected chi connectivity index (χ1v) is 10.4. The van der Waals surface area contributed by atoms with Gasteiger partial charge in [0.25, 0.3) is 5.91 Å². The molecule has 1 saturated carbocycles. The maximum Gasteiger partial charge on any atom is 0.327 e. The minimum absolute atomic E-state index is 0.119. The van der Waals surface area contributed by atoms with E-state index in [-0.39, 0.29) is 11.7 Å². The van der Waals surface area contributed by atoms with Crippen LogP contribution < -0.4 is 20.7 Å². The summed E-state index contributed by atoms with van der Waals surface area (Å²) in [5.74, 6) is 0.560. The summed E-state index contributed by atoms with van der Waals surface area (Å²) in [6.45, 7) is 0. The highest BCUT2D eigenvalue weighted by Gasteiger charge is 2.26. The Morgan fingerprint density at radius 3 is 2.55 bits per heavy atom. The minimum atomic E-state index is -0.569. The second kappa shape index (κ2) is 7.48. The smallest absolute Gasteiger partial charge is 0.327 e. The summed E-state index contributed by atoms with van der Waals surface area (Å²) in [5, 5.41) is 12.3. The van der Waals surface area contributed by atoms with Crippen molar-refractivity contribution < 1.29 is 14.3 Å². The molecule has 11 heteroatoms.